The Hall–Kier alpha value is -1.70. The van der Waals surface area contributed by atoms with Crippen molar-refractivity contribution in [2.24, 2.45) is 23.7 Å². The van der Waals surface area contributed by atoms with Gasteiger partial charge in [0.15, 0.2) is 0 Å². The summed E-state index contributed by atoms with van der Waals surface area (Å²) < 4.78 is 5.84. The van der Waals surface area contributed by atoms with E-state index in [9.17, 15) is 24.9 Å². The smallest absolute Gasteiger partial charge is 0.308 e. The molecule has 2 aliphatic carbocycles. The number of carbonyl (C=O) groups excluding carboxylic acids is 1. The van der Waals surface area contributed by atoms with Crippen LogP contribution in [0.15, 0.2) is 23.8 Å². The Morgan fingerprint density at radius 2 is 1.97 bits per heavy atom. The number of allylic oxidation sites excluding steroid dienone is 2. The van der Waals surface area contributed by atoms with Crippen LogP contribution in [0.3, 0.4) is 0 Å². The quantitative estimate of drug-likeness (QED) is 0.397. The molecular weight excluding hydrogens is 388 g/mol. The zero-order chi connectivity index (χ0) is 22.4. The molecule has 0 aliphatic heterocycles. The van der Waals surface area contributed by atoms with Gasteiger partial charge in [-0.05, 0) is 43.1 Å². The molecule has 0 saturated carbocycles. The van der Waals surface area contributed by atoms with E-state index in [1.54, 1.807) is 0 Å². The fraction of sp³-hybridized carbons (Fsp3) is 0.739. The van der Waals surface area contributed by atoms with E-state index in [4.69, 9.17) is 9.84 Å². The third-order valence-corrected chi connectivity index (χ3v) is 6.44. The van der Waals surface area contributed by atoms with Crippen LogP contribution in [0.1, 0.15) is 59.3 Å². The average molecular weight is 425 g/mol. The van der Waals surface area contributed by atoms with E-state index in [1.165, 1.54) is 0 Å². The predicted molar refractivity (Wildman–Crippen MR) is 111 cm³/mol. The van der Waals surface area contributed by atoms with Crippen LogP contribution < -0.4 is 0 Å². The molecule has 4 N–H and O–H groups in total. The second-order valence-corrected chi connectivity index (χ2v) is 8.88. The highest BCUT2D eigenvalue weighted by molar-refractivity contribution is 5.72. The lowest BCUT2D eigenvalue weighted by atomic mass is 9.66. The van der Waals surface area contributed by atoms with E-state index in [-0.39, 0.29) is 42.5 Å². The minimum atomic E-state index is -1.10. The number of aliphatic hydroxyl groups is 3. The highest BCUT2D eigenvalue weighted by atomic mass is 16.5. The van der Waals surface area contributed by atoms with E-state index in [0.29, 0.717) is 25.7 Å². The fourth-order valence-electron chi connectivity index (χ4n) is 4.52. The highest BCUT2D eigenvalue weighted by Gasteiger charge is 2.42. The number of carbonyl (C=O) groups is 2. The van der Waals surface area contributed by atoms with Crippen molar-refractivity contribution >= 4 is 11.9 Å². The van der Waals surface area contributed by atoms with Gasteiger partial charge >= 0.3 is 11.9 Å². The first-order valence-corrected chi connectivity index (χ1v) is 11.0. The minimum absolute atomic E-state index is 0.0156. The van der Waals surface area contributed by atoms with Gasteiger partial charge in [-0.2, -0.15) is 0 Å². The number of hydrogen-bond donors (Lipinski definition) is 4. The number of hydrogen-bond acceptors (Lipinski definition) is 6. The molecule has 0 aromatic rings. The zero-order valence-electron chi connectivity index (χ0n) is 18.1. The zero-order valence-corrected chi connectivity index (χ0v) is 18.1. The second kappa shape index (κ2) is 11.1. The molecule has 0 bridgehead atoms. The van der Waals surface area contributed by atoms with Crippen LogP contribution >= 0.6 is 0 Å². The molecule has 2 rings (SSSR count). The van der Waals surface area contributed by atoms with Gasteiger partial charge in [-0.15, -0.1) is 0 Å². The van der Waals surface area contributed by atoms with Crippen molar-refractivity contribution < 1.29 is 34.8 Å². The molecule has 0 heterocycles. The van der Waals surface area contributed by atoms with E-state index >= 15 is 0 Å². The van der Waals surface area contributed by atoms with Gasteiger partial charge in [-0.1, -0.05) is 39.0 Å². The van der Waals surface area contributed by atoms with Gasteiger partial charge in [0.05, 0.1) is 30.7 Å². The Bertz CT molecular complexity index is 656. The van der Waals surface area contributed by atoms with Crippen LogP contribution in [-0.2, 0) is 14.3 Å². The maximum atomic E-state index is 12.4. The molecule has 0 unspecified atom stereocenters. The van der Waals surface area contributed by atoms with Crippen LogP contribution in [-0.4, -0.2) is 56.8 Å². The number of carboxylic acid groups (broad SMARTS) is 1. The van der Waals surface area contributed by atoms with Gasteiger partial charge < -0.3 is 25.2 Å². The number of aliphatic carboxylic acids is 1. The van der Waals surface area contributed by atoms with E-state index in [0.717, 1.165) is 5.57 Å². The highest BCUT2D eigenvalue weighted by Crippen LogP contribution is 2.44. The first-order valence-electron chi connectivity index (χ1n) is 11.0. The van der Waals surface area contributed by atoms with Gasteiger partial charge in [0.2, 0.25) is 0 Å². The maximum absolute atomic E-state index is 12.4. The van der Waals surface area contributed by atoms with Crippen LogP contribution in [0.25, 0.3) is 0 Å². The van der Waals surface area contributed by atoms with Crippen LogP contribution in [0.5, 0.6) is 0 Å². The predicted octanol–water partition coefficient (Wildman–Crippen LogP) is 2.44. The van der Waals surface area contributed by atoms with Crippen molar-refractivity contribution in [2.75, 3.05) is 0 Å². The summed E-state index contributed by atoms with van der Waals surface area (Å²) in [6.07, 6.45) is 4.64. The lowest BCUT2D eigenvalue weighted by Gasteiger charge is -2.43. The Kier molecular flexibility index (Phi) is 9.07. The molecule has 8 atom stereocenters. The largest absolute Gasteiger partial charge is 0.481 e. The summed E-state index contributed by atoms with van der Waals surface area (Å²) in [5.74, 6) is -1.31. The monoisotopic (exact) mass is 424 g/mol. The Morgan fingerprint density at radius 3 is 2.60 bits per heavy atom. The standard InChI is InChI=1S/C23H36O7/c1-4-13(2)23(29)30-20-11-17(25)9-15-6-5-14(3)19(22(15)20)8-7-16(24)10-18(26)12-21(27)28/h5-6,9,13-14,16-20,22,24-26H,4,7-8,10-12H2,1-3H3,(H,27,28)/t13-,14+,16-,17+,18-,19+,20-,22+/m0/s1. The first kappa shape index (κ1) is 24.6. The molecule has 0 saturated heterocycles. The summed E-state index contributed by atoms with van der Waals surface area (Å²) in [6.45, 7) is 5.85. The SMILES string of the molecule is CC[C@H](C)C(=O)O[C@H]1C[C@H](O)C=C2C=C[C@@H](C)[C@@H](CC[C@H](O)C[C@H](O)CC(=O)O)[C@@H]21. The summed E-state index contributed by atoms with van der Waals surface area (Å²) in [6, 6.07) is 0. The molecular formula is C23H36O7. The van der Waals surface area contributed by atoms with Crippen molar-refractivity contribution in [1.82, 2.24) is 0 Å². The molecule has 0 aromatic heterocycles. The van der Waals surface area contributed by atoms with Crippen molar-refractivity contribution in [1.29, 1.82) is 0 Å². The molecule has 7 heteroatoms. The second-order valence-electron chi connectivity index (χ2n) is 8.88. The van der Waals surface area contributed by atoms with Gasteiger partial charge in [-0.3, -0.25) is 9.59 Å². The molecule has 0 fully saturated rings. The fourth-order valence-corrected chi connectivity index (χ4v) is 4.52. The van der Waals surface area contributed by atoms with Crippen LogP contribution in [0.2, 0.25) is 0 Å². The Morgan fingerprint density at radius 1 is 1.27 bits per heavy atom. The van der Waals surface area contributed by atoms with E-state index in [1.807, 2.05) is 26.0 Å². The van der Waals surface area contributed by atoms with Crippen LogP contribution in [0.4, 0.5) is 0 Å². The lowest BCUT2D eigenvalue weighted by Crippen LogP contribution is -2.43. The van der Waals surface area contributed by atoms with Gasteiger partial charge in [0.25, 0.3) is 0 Å². The summed E-state index contributed by atoms with van der Waals surface area (Å²) >= 11 is 0. The first-order chi connectivity index (χ1) is 14.1. The van der Waals surface area contributed by atoms with Crippen molar-refractivity contribution in [2.45, 2.75) is 83.7 Å². The number of esters is 1. The van der Waals surface area contributed by atoms with Crippen molar-refractivity contribution in [3.05, 3.63) is 23.8 Å². The molecule has 7 nitrogen and oxygen atoms in total. The lowest BCUT2D eigenvalue weighted by molar-refractivity contribution is -0.159. The summed E-state index contributed by atoms with van der Waals surface area (Å²) in [5, 5.41) is 39.1. The maximum Gasteiger partial charge on any atom is 0.308 e. The number of fused-ring (bicyclic) bond motifs is 1. The molecule has 0 amide bonds. The number of carboxylic acids is 1. The normalized spacial score (nSPS) is 31.3. The van der Waals surface area contributed by atoms with Crippen LogP contribution in [0, 0.1) is 23.7 Å². The van der Waals surface area contributed by atoms with Gasteiger partial charge in [0, 0.05) is 12.3 Å². The summed E-state index contributed by atoms with van der Waals surface area (Å²) in [7, 11) is 0. The van der Waals surface area contributed by atoms with E-state index < -0.39 is 30.4 Å². The molecule has 0 radical (unpaired) electrons. The summed E-state index contributed by atoms with van der Waals surface area (Å²) in [4.78, 5) is 23.1. The van der Waals surface area contributed by atoms with Gasteiger partial charge in [-0.25, -0.2) is 0 Å². The number of rotatable bonds is 10. The molecule has 0 spiro atoms. The number of aliphatic hydroxyl groups excluding tert-OH is 3. The molecule has 0 aromatic carbocycles. The van der Waals surface area contributed by atoms with Crippen molar-refractivity contribution in [3.8, 4) is 0 Å². The average Bonchev–Trinajstić information content (AvgIpc) is 2.65. The molecule has 2 aliphatic rings. The topological polar surface area (TPSA) is 124 Å². The molecule has 30 heavy (non-hydrogen) atoms. The molecule has 170 valence electrons. The Labute approximate surface area is 178 Å². The third kappa shape index (κ3) is 6.65. The Balaban J connectivity index is 2.09. The van der Waals surface area contributed by atoms with E-state index in [2.05, 4.69) is 13.0 Å². The van der Waals surface area contributed by atoms with Crippen molar-refractivity contribution in [3.63, 3.8) is 0 Å². The number of ether oxygens (including phenoxy) is 1. The van der Waals surface area contributed by atoms with Gasteiger partial charge in [0.1, 0.15) is 6.10 Å². The minimum Gasteiger partial charge on any atom is -0.481 e. The third-order valence-electron chi connectivity index (χ3n) is 6.44. The summed E-state index contributed by atoms with van der Waals surface area (Å²) in [5.41, 5.74) is 0.958.